The quantitative estimate of drug-likeness (QED) is 0.188. The number of amides is 2. The first kappa shape index (κ1) is 30.1. The zero-order valence-corrected chi connectivity index (χ0v) is 21.4. The van der Waals surface area contributed by atoms with Crippen molar-refractivity contribution in [1.29, 1.82) is 0 Å². The van der Waals surface area contributed by atoms with Gasteiger partial charge in [-0.05, 0) is 36.7 Å². The fourth-order valence-electron chi connectivity index (χ4n) is 3.49. The highest BCUT2D eigenvalue weighted by atomic mass is 16.5. The first-order chi connectivity index (χ1) is 16.6. The van der Waals surface area contributed by atoms with Gasteiger partial charge in [-0.25, -0.2) is 0 Å². The number of esters is 1. The normalized spacial score (nSPS) is 13.7. The zero-order chi connectivity index (χ0) is 26.3. The topological polar surface area (TPSA) is 105 Å². The molecule has 0 radical (unpaired) electrons. The van der Waals surface area contributed by atoms with Crippen molar-refractivity contribution >= 4 is 17.8 Å². The lowest BCUT2D eigenvalue weighted by Gasteiger charge is -2.32. The Morgan fingerprint density at radius 1 is 1.09 bits per heavy atom. The number of allylic oxidation sites excluding steroid dienone is 2. The van der Waals surface area contributed by atoms with Crippen molar-refractivity contribution in [2.24, 2.45) is 11.3 Å². The van der Waals surface area contributed by atoms with E-state index in [9.17, 15) is 19.5 Å². The fourth-order valence-corrected chi connectivity index (χ4v) is 3.49. The van der Waals surface area contributed by atoms with Crippen LogP contribution in [-0.4, -0.2) is 48.2 Å². The number of aliphatic hydroxyl groups is 1. The number of unbranched alkanes of at least 4 members (excludes halogenated alkanes) is 1. The summed E-state index contributed by atoms with van der Waals surface area (Å²) in [6.45, 7) is 13.1. The van der Waals surface area contributed by atoms with Crippen LogP contribution in [0.2, 0.25) is 0 Å². The van der Waals surface area contributed by atoms with E-state index in [4.69, 9.17) is 4.74 Å². The van der Waals surface area contributed by atoms with Gasteiger partial charge in [0.15, 0.2) is 0 Å². The fraction of sp³-hybridized carbons (Fsp3) is 0.536. The summed E-state index contributed by atoms with van der Waals surface area (Å²) < 4.78 is 5.41. The molecule has 1 aromatic rings. The highest BCUT2D eigenvalue weighted by Gasteiger charge is 2.31. The summed E-state index contributed by atoms with van der Waals surface area (Å²) in [6, 6.07) is 8.71. The lowest BCUT2D eigenvalue weighted by molar-refractivity contribution is -0.146. The third kappa shape index (κ3) is 12.4. The lowest BCUT2D eigenvalue weighted by Crippen LogP contribution is -2.50. The van der Waals surface area contributed by atoms with E-state index in [0.29, 0.717) is 25.7 Å². The van der Waals surface area contributed by atoms with E-state index in [1.165, 1.54) is 0 Å². The minimum absolute atomic E-state index is 0.0403. The Balaban J connectivity index is 2.72. The van der Waals surface area contributed by atoms with Crippen molar-refractivity contribution in [2.75, 3.05) is 13.2 Å². The van der Waals surface area contributed by atoms with E-state index in [1.54, 1.807) is 12.2 Å². The van der Waals surface area contributed by atoms with Crippen molar-refractivity contribution in [1.82, 2.24) is 10.6 Å². The zero-order valence-electron chi connectivity index (χ0n) is 21.4. The predicted molar refractivity (Wildman–Crippen MR) is 138 cm³/mol. The Hall–Kier alpha value is -2.93. The number of rotatable bonds is 16. The summed E-state index contributed by atoms with van der Waals surface area (Å²) in [5.74, 6) is -1.56. The maximum absolute atomic E-state index is 13.1. The number of nitrogens with one attached hydrogen (secondary N) is 2. The molecule has 7 heteroatoms. The van der Waals surface area contributed by atoms with Crippen LogP contribution in [0.3, 0.4) is 0 Å². The van der Waals surface area contributed by atoms with E-state index in [-0.39, 0.29) is 42.8 Å². The molecule has 2 amide bonds. The van der Waals surface area contributed by atoms with Crippen molar-refractivity contribution < 1.29 is 24.2 Å². The van der Waals surface area contributed by atoms with Gasteiger partial charge >= 0.3 is 5.97 Å². The van der Waals surface area contributed by atoms with E-state index in [1.807, 2.05) is 51.1 Å². The number of benzene rings is 1. The highest BCUT2D eigenvalue weighted by molar-refractivity contribution is 5.86. The second-order valence-electron chi connectivity index (χ2n) is 9.85. The van der Waals surface area contributed by atoms with Gasteiger partial charge in [0, 0.05) is 12.8 Å². The third-order valence-corrected chi connectivity index (χ3v) is 5.73. The van der Waals surface area contributed by atoms with Gasteiger partial charge in [-0.3, -0.25) is 14.4 Å². The largest absolute Gasteiger partial charge is 0.463 e. The van der Waals surface area contributed by atoms with Crippen molar-refractivity contribution in [2.45, 2.75) is 71.4 Å². The van der Waals surface area contributed by atoms with Gasteiger partial charge in [0.05, 0.1) is 24.6 Å². The molecule has 3 N–H and O–H groups in total. The summed E-state index contributed by atoms with van der Waals surface area (Å²) in [7, 11) is 0. The van der Waals surface area contributed by atoms with Gasteiger partial charge in [0.1, 0.15) is 6.61 Å². The Morgan fingerprint density at radius 3 is 2.34 bits per heavy atom. The summed E-state index contributed by atoms with van der Waals surface area (Å²) in [4.78, 5) is 37.8. The van der Waals surface area contributed by atoms with Crippen LogP contribution in [0.25, 0.3) is 0 Å². The average Bonchev–Trinajstić information content (AvgIpc) is 2.81. The molecule has 1 rings (SSSR count). The minimum atomic E-state index is -0.628. The lowest BCUT2D eigenvalue weighted by atomic mass is 9.86. The van der Waals surface area contributed by atoms with Gasteiger partial charge in [0.2, 0.25) is 11.8 Å². The Morgan fingerprint density at radius 2 is 1.77 bits per heavy atom. The number of aliphatic hydroxyl groups excluding tert-OH is 1. The standard InChI is InChI=1S/C28H42N2O5/c1-6-8-10-16-26(33)35-20-24(28(3,4)5)30-27(34)22(13-7-2)18-25(32)29-23(19-31)17-21-14-11-9-12-15-21/h6-7,9,11-12,14-15,22-24,31H,1-2,8,10,13,16-20H2,3-5H3,(H,29,32)(H,30,34)/t22-,23-,24-/m1/s1. The maximum atomic E-state index is 13.1. The molecule has 0 aliphatic heterocycles. The summed E-state index contributed by atoms with van der Waals surface area (Å²) in [5.41, 5.74) is 0.634. The van der Waals surface area contributed by atoms with E-state index in [2.05, 4.69) is 23.8 Å². The number of hydrogen-bond donors (Lipinski definition) is 3. The maximum Gasteiger partial charge on any atom is 0.305 e. The monoisotopic (exact) mass is 486 g/mol. The Labute approximate surface area is 210 Å². The molecule has 0 saturated carbocycles. The SMILES string of the molecule is C=CCCCC(=O)OC[C@@H](NC(=O)[C@H](CC=C)CC(=O)N[C@@H](CO)Cc1ccccc1)C(C)(C)C. The summed E-state index contributed by atoms with van der Waals surface area (Å²) in [6.07, 6.45) is 5.84. The molecule has 0 aliphatic carbocycles. The van der Waals surface area contributed by atoms with Crippen molar-refractivity contribution in [3.63, 3.8) is 0 Å². The van der Waals surface area contributed by atoms with Gasteiger partial charge < -0.3 is 20.5 Å². The molecule has 7 nitrogen and oxygen atoms in total. The van der Waals surface area contributed by atoms with Crippen LogP contribution in [0.5, 0.6) is 0 Å². The predicted octanol–water partition coefficient (Wildman–Crippen LogP) is 3.72. The molecular weight excluding hydrogens is 444 g/mol. The molecule has 0 aromatic heterocycles. The van der Waals surface area contributed by atoms with Crippen LogP contribution < -0.4 is 10.6 Å². The van der Waals surface area contributed by atoms with Crippen molar-refractivity contribution in [3.05, 3.63) is 61.2 Å². The van der Waals surface area contributed by atoms with Crippen LogP contribution in [0.1, 0.15) is 58.4 Å². The first-order valence-electron chi connectivity index (χ1n) is 12.2. The third-order valence-electron chi connectivity index (χ3n) is 5.73. The number of carbonyl (C=O) groups is 3. The molecule has 194 valence electrons. The van der Waals surface area contributed by atoms with Crippen LogP contribution in [0.15, 0.2) is 55.6 Å². The molecule has 0 saturated heterocycles. The minimum Gasteiger partial charge on any atom is -0.463 e. The van der Waals surface area contributed by atoms with E-state index in [0.717, 1.165) is 12.0 Å². The second kappa shape index (κ2) is 15.9. The van der Waals surface area contributed by atoms with Crippen LogP contribution in [-0.2, 0) is 25.5 Å². The molecule has 0 fully saturated rings. The molecule has 35 heavy (non-hydrogen) atoms. The van der Waals surface area contributed by atoms with E-state index < -0.39 is 18.0 Å². The molecular formula is C28H42N2O5. The average molecular weight is 487 g/mol. The van der Waals surface area contributed by atoms with Gasteiger partial charge in [-0.2, -0.15) is 0 Å². The van der Waals surface area contributed by atoms with Gasteiger partial charge in [0.25, 0.3) is 0 Å². The second-order valence-corrected chi connectivity index (χ2v) is 9.85. The molecule has 0 unspecified atom stereocenters. The molecule has 0 bridgehead atoms. The Kier molecular flexibility index (Phi) is 13.7. The van der Waals surface area contributed by atoms with Gasteiger partial charge in [-0.15, -0.1) is 13.2 Å². The molecule has 0 heterocycles. The first-order valence-corrected chi connectivity index (χ1v) is 12.2. The summed E-state index contributed by atoms with van der Waals surface area (Å²) in [5, 5.41) is 15.5. The number of carbonyl (C=O) groups excluding carboxylic acids is 3. The molecule has 3 atom stereocenters. The van der Waals surface area contributed by atoms with Crippen LogP contribution in [0.4, 0.5) is 0 Å². The molecule has 0 spiro atoms. The van der Waals surface area contributed by atoms with Crippen LogP contribution in [0, 0.1) is 11.3 Å². The molecule has 1 aromatic carbocycles. The smallest absolute Gasteiger partial charge is 0.305 e. The van der Waals surface area contributed by atoms with Gasteiger partial charge in [-0.1, -0.05) is 63.3 Å². The van der Waals surface area contributed by atoms with E-state index >= 15 is 0 Å². The van der Waals surface area contributed by atoms with Crippen molar-refractivity contribution in [3.8, 4) is 0 Å². The van der Waals surface area contributed by atoms with Crippen LogP contribution >= 0.6 is 0 Å². The summed E-state index contributed by atoms with van der Waals surface area (Å²) >= 11 is 0. The number of hydrogen-bond acceptors (Lipinski definition) is 5. The Bertz CT molecular complexity index is 816. The highest BCUT2D eigenvalue weighted by Crippen LogP contribution is 2.21. The molecule has 0 aliphatic rings. The number of ether oxygens (including phenoxy) is 1.